The van der Waals surface area contributed by atoms with E-state index in [9.17, 15) is 0 Å². The van der Waals surface area contributed by atoms with Crippen molar-refractivity contribution < 1.29 is 4.74 Å². The summed E-state index contributed by atoms with van der Waals surface area (Å²) in [6.07, 6.45) is 1.94. The lowest BCUT2D eigenvalue weighted by atomic mass is 10.00. The number of hydrogen-bond donors (Lipinski definition) is 0. The summed E-state index contributed by atoms with van der Waals surface area (Å²) in [6, 6.07) is 20.3. The van der Waals surface area contributed by atoms with Crippen LogP contribution in [-0.4, -0.2) is 43.3 Å². The van der Waals surface area contributed by atoms with Crippen LogP contribution in [0.2, 0.25) is 0 Å². The Labute approximate surface area is 200 Å². The molecule has 1 aliphatic heterocycles. The number of rotatable bonds is 4. The molecule has 4 aromatic rings. The van der Waals surface area contributed by atoms with Gasteiger partial charge in [0.05, 0.1) is 36.1 Å². The Balaban J connectivity index is 1.45. The van der Waals surface area contributed by atoms with E-state index in [0.29, 0.717) is 5.56 Å². The number of ether oxygens (including phenoxy) is 1. The van der Waals surface area contributed by atoms with E-state index in [1.54, 1.807) is 7.11 Å². The number of methoxy groups -OCH3 is 1. The predicted octanol–water partition coefficient (Wildman–Crippen LogP) is 5.12. The number of fused-ring (bicyclic) bond motifs is 1. The molecule has 6 heteroatoms. The average Bonchev–Trinajstić information content (AvgIpc) is 2.87. The van der Waals surface area contributed by atoms with Gasteiger partial charge in [-0.1, -0.05) is 24.3 Å². The summed E-state index contributed by atoms with van der Waals surface area (Å²) in [5.41, 5.74) is 7.96. The Bertz CT molecular complexity index is 1360. The van der Waals surface area contributed by atoms with E-state index in [2.05, 4.69) is 45.1 Å². The van der Waals surface area contributed by atoms with E-state index in [-0.39, 0.29) is 0 Å². The normalized spacial score (nSPS) is 13.7. The van der Waals surface area contributed by atoms with Gasteiger partial charge < -0.3 is 14.5 Å². The number of pyridine rings is 2. The van der Waals surface area contributed by atoms with Crippen molar-refractivity contribution in [3.63, 3.8) is 0 Å². The monoisotopic (exact) mass is 449 g/mol. The van der Waals surface area contributed by atoms with E-state index in [4.69, 9.17) is 15.0 Å². The van der Waals surface area contributed by atoms with Gasteiger partial charge in [0.1, 0.15) is 0 Å². The van der Waals surface area contributed by atoms with Gasteiger partial charge in [-0.25, -0.2) is 0 Å². The minimum atomic E-state index is 0.646. The zero-order chi connectivity index (χ0) is 23.7. The third-order valence-electron chi connectivity index (χ3n) is 6.41. The van der Waals surface area contributed by atoms with Crippen molar-refractivity contribution in [1.82, 2.24) is 9.97 Å². The van der Waals surface area contributed by atoms with Crippen molar-refractivity contribution >= 4 is 22.3 Å². The number of nitrogens with zero attached hydrogens (tertiary/aromatic N) is 5. The molecule has 170 valence electrons. The molecule has 34 heavy (non-hydrogen) atoms. The largest absolute Gasteiger partial charge is 0.494 e. The number of anilines is 2. The van der Waals surface area contributed by atoms with Crippen LogP contribution in [0, 0.1) is 25.2 Å². The molecule has 0 radical (unpaired) electrons. The Kier molecular flexibility index (Phi) is 5.77. The van der Waals surface area contributed by atoms with Crippen molar-refractivity contribution in [2.24, 2.45) is 0 Å². The van der Waals surface area contributed by atoms with Crippen LogP contribution in [0.3, 0.4) is 0 Å². The van der Waals surface area contributed by atoms with Gasteiger partial charge in [0.15, 0.2) is 5.75 Å². The first-order valence-electron chi connectivity index (χ1n) is 11.5. The minimum Gasteiger partial charge on any atom is -0.494 e. The van der Waals surface area contributed by atoms with Gasteiger partial charge in [-0.3, -0.25) is 9.97 Å². The fourth-order valence-electron chi connectivity index (χ4n) is 4.79. The van der Waals surface area contributed by atoms with Crippen molar-refractivity contribution in [1.29, 1.82) is 5.26 Å². The number of aryl methyl sites for hydroxylation is 2. The number of hydrogen-bond acceptors (Lipinski definition) is 6. The highest BCUT2D eigenvalue weighted by Gasteiger charge is 2.23. The molecule has 0 amide bonds. The second kappa shape index (κ2) is 9.03. The molecule has 2 aromatic carbocycles. The van der Waals surface area contributed by atoms with Crippen molar-refractivity contribution in [3.05, 3.63) is 77.7 Å². The summed E-state index contributed by atoms with van der Waals surface area (Å²) >= 11 is 0. The van der Waals surface area contributed by atoms with E-state index in [1.807, 2.05) is 50.4 Å². The molecule has 0 saturated carbocycles. The Hall–Kier alpha value is -4.11. The molecule has 1 aliphatic rings. The zero-order valence-corrected chi connectivity index (χ0v) is 19.7. The highest BCUT2D eigenvalue weighted by molar-refractivity contribution is 5.99. The quantitative estimate of drug-likeness (QED) is 0.431. The van der Waals surface area contributed by atoms with Gasteiger partial charge in [0.2, 0.25) is 0 Å². The fourth-order valence-corrected chi connectivity index (χ4v) is 4.79. The second-order valence-corrected chi connectivity index (χ2v) is 8.65. The highest BCUT2D eigenvalue weighted by Crippen LogP contribution is 2.39. The maximum Gasteiger partial charge on any atom is 0.153 e. The zero-order valence-electron chi connectivity index (χ0n) is 19.7. The summed E-state index contributed by atoms with van der Waals surface area (Å²) in [7, 11) is 1.73. The lowest BCUT2D eigenvalue weighted by Crippen LogP contribution is -2.46. The summed E-state index contributed by atoms with van der Waals surface area (Å²) in [5.74, 6) is 0.851. The first-order chi connectivity index (χ1) is 16.6. The molecule has 3 heterocycles. The SMILES string of the molecule is COc1c(N2CCN(c3cc(C)nc(C)c3)CC2)cnc2c(-c3ccc(C#N)cc3)cccc12. The summed E-state index contributed by atoms with van der Waals surface area (Å²) in [6.45, 7) is 7.72. The van der Waals surface area contributed by atoms with E-state index >= 15 is 0 Å². The molecule has 0 spiro atoms. The molecule has 0 aliphatic carbocycles. The lowest BCUT2D eigenvalue weighted by Gasteiger charge is -2.38. The Morgan fingerprint density at radius 2 is 1.59 bits per heavy atom. The molecule has 6 nitrogen and oxygen atoms in total. The van der Waals surface area contributed by atoms with Gasteiger partial charge in [-0.05, 0) is 49.7 Å². The number of nitriles is 1. The second-order valence-electron chi connectivity index (χ2n) is 8.65. The third-order valence-corrected chi connectivity index (χ3v) is 6.41. The summed E-state index contributed by atoms with van der Waals surface area (Å²) in [4.78, 5) is 14.2. The average molecular weight is 450 g/mol. The van der Waals surface area contributed by atoms with Crippen LogP contribution in [0.5, 0.6) is 5.75 Å². The molecular weight excluding hydrogens is 422 g/mol. The summed E-state index contributed by atoms with van der Waals surface area (Å²) < 4.78 is 5.94. The molecule has 0 bridgehead atoms. The number of aromatic nitrogens is 2. The maximum atomic E-state index is 9.11. The molecular formula is C28H27N5O. The minimum absolute atomic E-state index is 0.646. The molecule has 1 saturated heterocycles. The van der Waals surface area contributed by atoms with Crippen LogP contribution in [0.4, 0.5) is 11.4 Å². The van der Waals surface area contributed by atoms with Crippen LogP contribution in [-0.2, 0) is 0 Å². The standard InChI is InChI=1S/C28H27N5O/c1-19-15-23(16-20(2)31-19)32-11-13-33(14-12-32)26-18-30-27-24(5-4-6-25(27)28(26)34-3)22-9-7-21(17-29)8-10-22/h4-10,15-16,18H,11-14H2,1-3H3. The number of para-hydroxylation sites is 1. The molecule has 0 unspecified atom stereocenters. The van der Waals surface area contributed by atoms with Crippen LogP contribution in [0.25, 0.3) is 22.0 Å². The molecule has 0 atom stereocenters. The van der Waals surface area contributed by atoms with Gasteiger partial charge in [0.25, 0.3) is 0 Å². The molecule has 0 N–H and O–H groups in total. The topological polar surface area (TPSA) is 65.3 Å². The lowest BCUT2D eigenvalue weighted by molar-refractivity contribution is 0.418. The Morgan fingerprint density at radius 3 is 2.24 bits per heavy atom. The first kappa shape index (κ1) is 21.7. The molecule has 2 aromatic heterocycles. The maximum absolute atomic E-state index is 9.11. The van der Waals surface area contributed by atoms with Gasteiger partial charge in [-0.15, -0.1) is 0 Å². The highest BCUT2D eigenvalue weighted by atomic mass is 16.5. The van der Waals surface area contributed by atoms with Gasteiger partial charge >= 0.3 is 0 Å². The van der Waals surface area contributed by atoms with E-state index < -0.39 is 0 Å². The molecule has 5 rings (SSSR count). The van der Waals surface area contributed by atoms with Crippen molar-refractivity contribution in [2.45, 2.75) is 13.8 Å². The summed E-state index contributed by atoms with van der Waals surface area (Å²) in [5, 5.41) is 10.1. The van der Waals surface area contributed by atoms with E-state index in [0.717, 1.165) is 71.0 Å². The van der Waals surface area contributed by atoms with Gasteiger partial charge in [-0.2, -0.15) is 5.26 Å². The van der Waals surface area contributed by atoms with Crippen molar-refractivity contribution in [3.8, 4) is 22.9 Å². The predicted molar refractivity (Wildman–Crippen MR) is 137 cm³/mol. The fraction of sp³-hybridized carbons (Fsp3) is 0.250. The number of benzene rings is 2. The number of piperazine rings is 1. The first-order valence-corrected chi connectivity index (χ1v) is 11.5. The Morgan fingerprint density at radius 1 is 0.912 bits per heavy atom. The third kappa shape index (κ3) is 4.01. The smallest absolute Gasteiger partial charge is 0.153 e. The van der Waals surface area contributed by atoms with Crippen molar-refractivity contribution in [2.75, 3.05) is 43.1 Å². The molecule has 1 fully saturated rings. The van der Waals surface area contributed by atoms with Crippen LogP contribution in [0.15, 0.2) is 60.8 Å². The van der Waals surface area contributed by atoms with Crippen LogP contribution >= 0.6 is 0 Å². The van der Waals surface area contributed by atoms with E-state index in [1.165, 1.54) is 5.69 Å². The van der Waals surface area contributed by atoms with Crippen LogP contribution in [0.1, 0.15) is 17.0 Å². The van der Waals surface area contributed by atoms with Gasteiger partial charge in [0, 0.05) is 54.2 Å². The van der Waals surface area contributed by atoms with Crippen LogP contribution < -0.4 is 14.5 Å².